The number of amides is 2. The molecule has 7 heteroatoms. The summed E-state index contributed by atoms with van der Waals surface area (Å²) in [6.07, 6.45) is 1.25. The molecule has 7 nitrogen and oxygen atoms in total. The maximum atomic E-state index is 11.2. The summed E-state index contributed by atoms with van der Waals surface area (Å²) in [6.45, 7) is 9.14. The van der Waals surface area contributed by atoms with Gasteiger partial charge < -0.3 is 14.8 Å². The maximum Gasteiger partial charge on any atom is 0.437 e. The molecule has 18 heavy (non-hydrogen) atoms. The van der Waals surface area contributed by atoms with Crippen molar-refractivity contribution in [2.45, 2.75) is 6.92 Å². The number of aliphatic imine (C=N–C) groups is 1. The second-order valence-electron chi connectivity index (χ2n) is 2.87. The molecular formula is C11H17N3O4. The highest BCUT2D eigenvalue weighted by Gasteiger charge is 2.08. The van der Waals surface area contributed by atoms with Crippen LogP contribution < -0.4 is 10.6 Å². The van der Waals surface area contributed by atoms with Gasteiger partial charge >= 0.3 is 12.2 Å². The Labute approximate surface area is 106 Å². The van der Waals surface area contributed by atoms with Crippen LogP contribution in [0, 0.1) is 0 Å². The number of rotatable bonds is 5. The Morgan fingerprint density at radius 2 is 1.83 bits per heavy atom. The van der Waals surface area contributed by atoms with Gasteiger partial charge in [-0.05, 0) is 6.92 Å². The zero-order valence-electron chi connectivity index (χ0n) is 10.3. The lowest BCUT2D eigenvalue weighted by Gasteiger charge is -2.09. The topological polar surface area (TPSA) is 89.0 Å². The van der Waals surface area contributed by atoms with E-state index in [1.165, 1.54) is 12.2 Å². The molecule has 0 fully saturated rings. The fourth-order valence-corrected chi connectivity index (χ4v) is 0.800. The Bertz CT molecular complexity index is 339. The fraction of sp³-hybridized carbons (Fsp3) is 0.364. The zero-order valence-corrected chi connectivity index (χ0v) is 10.3. The van der Waals surface area contributed by atoms with E-state index in [0.717, 1.165) is 0 Å². The van der Waals surface area contributed by atoms with Crippen molar-refractivity contribution in [3.63, 3.8) is 0 Å². The van der Waals surface area contributed by atoms with E-state index < -0.39 is 12.2 Å². The number of ether oxygens (including phenoxy) is 2. The molecule has 0 heterocycles. The summed E-state index contributed by atoms with van der Waals surface area (Å²) in [7, 11) is 0. The highest BCUT2D eigenvalue weighted by molar-refractivity contribution is 5.98. The average Bonchev–Trinajstić information content (AvgIpc) is 2.34. The Hall–Kier alpha value is -2.31. The van der Waals surface area contributed by atoms with Crippen LogP contribution >= 0.6 is 0 Å². The Balaban J connectivity index is 4.39. The summed E-state index contributed by atoms with van der Waals surface area (Å²) in [5, 5.41) is 4.95. The first kappa shape index (κ1) is 15.7. The van der Waals surface area contributed by atoms with Gasteiger partial charge in [-0.1, -0.05) is 25.3 Å². The Morgan fingerprint density at radius 1 is 1.22 bits per heavy atom. The molecule has 0 aliphatic carbocycles. The Morgan fingerprint density at radius 3 is 2.39 bits per heavy atom. The first-order valence-electron chi connectivity index (χ1n) is 5.28. The van der Waals surface area contributed by atoms with Crippen LogP contribution in [0.5, 0.6) is 0 Å². The van der Waals surface area contributed by atoms with E-state index in [9.17, 15) is 9.59 Å². The smallest absolute Gasteiger partial charge is 0.437 e. The van der Waals surface area contributed by atoms with Crippen LogP contribution in [0.25, 0.3) is 0 Å². The van der Waals surface area contributed by atoms with Gasteiger partial charge in [0.25, 0.3) is 0 Å². The van der Waals surface area contributed by atoms with E-state index in [-0.39, 0.29) is 19.2 Å². The molecule has 0 rings (SSSR count). The van der Waals surface area contributed by atoms with Crippen molar-refractivity contribution >= 4 is 18.1 Å². The Kier molecular flexibility index (Phi) is 8.62. The van der Waals surface area contributed by atoms with Crippen LogP contribution in [0.2, 0.25) is 0 Å². The van der Waals surface area contributed by atoms with Gasteiger partial charge in [0, 0.05) is 6.54 Å². The zero-order chi connectivity index (χ0) is 13.8. The minimum Gasteiger partial charge on any atom is -0.445 e. The van der Waals surface area contributed by atoms with E-state index in [4.69, 9.17) is 0 Å². The summed E-state index contributed by atoms with van der Waals surface area (Å²) in [6, 6.07) is 0. The third-order valence-electron chi connectivity index (χ3n) is 1.42. The van der Waals surface area contributed by atoms with Crippen LogP contribution in [0.15, 0.2) is 30.3 Å². The molecule has 0 aromatic heterocycles. The number of alkyl carbamates (subject to hydrolysis) is 1. The molecule has 2 amide bonds. The summed E-state index contributed by atoms with van der Waals surface area (Å²) in [5.74, 6) is -0.0411. The second-order valence-corrected chi connectivity index (χ2v) is 2.87. The van der Waals surface area contributed by atoms with E-state index in [1.807, 2.05) is 0 Å². The second kappa shape index (κ2) is 9.88. The van der Waals surface area contributed by atoms with E-state index in [1.54, 1.807) is 6.92 Å². The molecule has 0 saturated carbocycles. The minimum atomic E-state index is -0.838. The predicted octanol–water partition coefficient (Wildman–Crippen LogP) is 1.19. The summed E-state index contributed by atoms with van der Waals surface area (Å²) >= 11 is 0. The third kappa shape index (κ3) is 7.91. The molecule has 0 radical (unpaired) electrons. The fourth-order valence-electron chi connectivity index (χ4n) is 0.800. The van der Waals surface area contributed by atoms with E-state index in [0.29, 0.717) is 6.54 Å². The SMILES string of the molecule is C=CCOC(=O)/N=C(\NCC)NC(=O)OCC=C. The first-order chi connectivity index (χ1) is 8.63. The van der Waals surface area contributed by atoms with Crippen molar-refractivity contribution in [1.29, 1.82) is 0 Å². The standard InChI is InChI=1S/C11H17N3O4/c1-4-7-17-10(15)13-9(12-6-3)14-11(16)18-8-5-2/h4-5H,1-2,6-8H2,3H3,(H2,12,13,14,15,16). The number of nitrogens with zero attached hydrogens (tertiary/aromatic N) is 1. The van der Waals surface area contributed by atoms with Crippen LogP contribution in [0.4, 0.5) is 9.59 Å². The number of hydrogen-bond donors (Lipinski definition) is 2. The van der Waals surface area contributed by atoms with Gasteiger partial charge in [-0.15, -0.1) is 4.99 Å². The molecule has 0 aromatic rings. The van der Waals surface area contributed by atoms with Crippen LogP contribution in [-0.4, -0.2) is 37.9 Å². The molecule has 0 aromatic carbocycles. The molecule has 0 atom stereocenters. The van der Waals surface area contributed by atoms with Gasteiger partial charge in [-0.3, -0.25) is 5.32 Å². The number of hydrogen-bond acceptors (Lipinski definition) is 4. The first-order valence-corrected chi connectivity index (χ1v) is 5.28. The molecule has 0 spiro atoms. The summed E-state index contributed by atoms with van der Waals surface area (Å²) in [4.78, 5) is 25.9. The van der Waals surface area contributed by atoms with Gasteiger partial charge in [0.1, 0.15) is 13.2 Å². The van der Waals surface area contributed by atoms with Gasteiger partial charge in [0.15, 0.2) is 0 Å². The van der Waals surface area contributed by atoms with Gasteiger partial charge in [0.05, 0.1) is 0 Å². The number of guanidine groups is 1. The average molecular weight is 255 g/mol. The lowest BCUT2D eigenvalue weighted by atomic mass is 10.7. The quantitative estimate of drug-likeness (QED) is 0.437. The largest absolute Gasteiger partial charge is 0.445 e. The van der Waals surface area contributed by atoms with E-state index >= 15 is 0 Å². The highest BCUT2D eigenvalue weighted by Crippen LogP contribution is 1.86. The monoisotopic (exact) mass is 255 g/mol. The van der Waals surface area contributed by atoms with Crippen LogP contribution in [-0.2, 0) is 9.47 Å². The van der Waals surface area contributed by atoms with Crippen molar-refractivity contribution in [2.75, 3.05) is 19.8 Å². The third-order valence-corrected chi connectivity index (χ3v) is 1.42. The molecule has 0 saturated heterocycles. The molecule has 2 N–H and O–H groups in total. The molecular weight excluding hydrogens is 238 g/mol. The predicted molar refractivity (Wildman–Crippen MR) is 67.3 cm³/mol. The van der Waals surface area contributed by atoms with Crippen molar-refractivity contribution in [2.24, 2.45) is 4.99 Å². The van der Waals surface area contributed by atoms with Crippen LogP contribution in [0.3, 0.4) is 0 Å². The highest BCUT2D eigenvalue weighted by atomic mass is 16.6. The number of carbonyl (C=O) groups excluding carboxylic acids is 2. The number of carbonyl (C=O) groups is 2. The molecule has 0 unspecified atom stereocenters. The van der Waals surface area contributed by atoms with E-state index in [2.05, 4.69) is 38.3 Å². The normalized spacial score (nSPS) is 10.2. The lowest BCUT2D eigenvalue weighted by Crippen LogP contribution is -2.41. The van der Waals surface area contributed by atoms with Crippen molar-refractivity contribution < 1.29 is 19.1 Å². The molecule has 0 bridgehead atoms. The van der Waals surface area contributed by atoms with Crippen LogP contribution in [0.1, 0.15) is 6.92 Å². The summed E-state index contributed by atoms with van der Waals surface area (Å²) in [5.41, 5.74) is 0. The van der Waals surface area contributed by atoms with Crippen molar-refractivity contribution in [1.82, 2.24) is 10.6 Å². The lowest BCUT2D eigenvalue weighted by molar-refractivity contribution is 0.163. The van der Waals surface area contributed by atoms with Crippen molar-refractivity contribution in [3.05, 3.63) is 25.3 Å². The van der Waals surface area contributed by atoms with Crippen molar-refractivity contribution in [3.8, 4) is 0 Å². The van der Waals surface area contributed by atoms with Gasteiger partial charge in [-0.25, -0.2) is 9.59 Å². The van der Waals surface area contributed by atoms with Gasteiger partial charge in [-0.2, -0.15) is 0 Å². The molecule has 0 aliphatic heterocycles. The summed E-state index contributed by atoms with van der Waals surface area (Å²) < 4.78 is 9.31. The number of nitrogens with one attached hydrogen (secondary N) is 2. The maximum absolute atomic E-state index is 11.2. The molecule has 0 aliphatic rings. The van der Waals surface area contributed by atoms with Gasteiger partial charge in [0.2, 0.25) is 5.96 Å². The molecule has 100 valence electrons. The minimum absolute atomic E-state index is 0.0411.